The van der Waals surface area contributed by atoms with Gasteiger partial charge in [0.1, 0.15) is 12.4 Å². The number of hydrogen-bond donors (Lipinski definition) is 1. The van der Waals surface area contributed by atoms with Gasteiger partial charge in [-0.2, -0.15) is 0 Å². The smallest absolute Gasteiger partial charge is 0.130 e. The van der Waals surface area contributed by atoms with Crippen molar-refractivity contribution >= 4 is 27.6 Å². The molecule has 0 aromatic heterocycles. The van der Waals surface area contributed by atoms with E-state index < -0.39 is 0 Å². The molecular weight excluding hydrogens is 456 g/mol. The summed E-state index contributed by atoms with van der Waals surface area (Å²) in [5.74, 6) is 0.962. The Balaban J connectivity index is 0.000000514. The van der Waals surface area contributed by atoms with Crippen LogP contribution in [0.2, 0.25) is 0 Å². The van der Waals surface area contributed by atoms with Gasteiger partial charge in [0.15, 0.2) is 0 Å². The second-order valence-corrected chi connectivity index (χ2v) is 9.25. The molecular formula is C33H36N2O2. The summed E-state index contributed by atoms with van der Waals surface area (Å²) in [7, 11) is 0. The van der Waals surface area contributed by atoms with Crippen molar-refractivity contribution in [1.82, 2.24) is 5.32 Å². The predicted molar refractivity (Wildman–Crippen MR) is 155 cm³/mol. The van der Waals surface area contributed by atoms with Crippen molar-refractivity contribution in [3.63, 3.8) is 0 Å². The van der Waals surface area contributed by atoms with Crippen LogP contribution in [0, 0.1) is 0 Å². The fourth-order valence-electron chi connectivity index (χ4n) is 5.18. The van der Waals surface area contributed by atoms with E-state index in [0.717, 1.165) is 45.1 Å². The summed E-state index contributed by atoms with van der Waals surface area (Å²) in [6.45, 7) is 10.3. The van der Waals surface area contributed by atoms with Crippen LogP contribution in [0.5, 0.6) is 5.75 Å². The van der Waals surface area contributed by atoms with Crippen molar-refractivity contribution < 1.29 is 9.47 Å². The van der Waals surface area contributed by atoms with E-state index in [4.69, 9.17) is 9.47 Å². The summed E-state index contributed by atoms with van der Waals surface area (Å²) in [5, 5.41) is 5.61. The number of nitrogens with zero attached hydrogens (tertiary/aromatic N) is 1. The Bertz CT molecular complexity index is 1340. The zero-order chi connectivity index (χ0) is 25.5. The maximum absolute atomic E-state index is 6.47. The third kappa shape index (κ3) is 5.41. The average Bonchev–Trinajstić information content (AvgIpc) is 2.98. The highest BCUT2D eigenvalue weighted by Gasteiger charge is 2.27. The number of hydrogen-bond acceptors (Lipinski definition) is 4. The number of nitrogens with one attached hydrogen (secondary N) is 1. The van der Waals surface area contributed by atoms with E-state index >= 15 is 0 Å². The number of anilines is 1. The third-order valence-electron chi connectivity index (χ3n) is 6.95. The summed E-state index contributed by atoms with van der Waals surface area (Å²) in [4.78, 5) is 2.42. The minimum Gasteiger partial charge on any atom is -0.488 e. The van der Waals surface area contributed by atoms with Gasteiger partial charge in [0, 0.05) is 46.9 Å². The molecule has 4 aromatic carbocycles. The maximum atomic E-state index is 6.47. The predicted octanol–water partition coefficient (Wildman–Crippen LogP) is 6.64. The van der Waals surface area contributed by atoms with E-state index in [1.165, 1.54) is 44.3 Å². The molecule has 4 nitrogen and oxygen atoms in total. The normalized spacial score (nSPS) is 15.0. The number of morpholine rings is 1. The second kappa shape index (κ2) is 12.1. The van der Waals surface area contributed by atoms with Crippen LogP contribution in [0.1, 0.15) is 30.5 Å². The van der Waals surface area contributed by atoms with E-state index in [0.29, 0.717) is 6.61 Å². The van der Waals surface area contributed by atoms with Crippen LogP contribution in [0.3, 0.4) is 0 Å². The van der Waals surface area contributed by atoms with Crippen LogP contribution in [-0.2, 0) is 4.74 Å². The Morgan fingerprint density at radius 2 is 1.32 bits per heavy atom. The molecule has 1 N–H and O–H groups in total. The standard InChI is InChI=1S/C29H25NO2.C4H11N/c1-3-9-21(10-4-1)25-20-32-27-19-26(30-15-17-31-18-16-30)23-13-7-8-14-24(23)29(27)28(25)22-11-5-2-6-12-22;1-3-5-4-2/h1-14,19H,15-18,20H2;5H,3-4H2,1-2H3. The molecule has 37 heavy (non-hydrogen) atoms. The molecule has 1 fully saturated rings. The first kappa shape index (κ1) is 25.1. The molecule has 0 radical (unpaired) electrons. The molecule has 2 heterocycles. The minimum absolute atomic E-state index is 0.558. The van der Waals surface area contributed by atoms with E-state index in [9.17, 15) is 0 Å². The molecule has 190 valence electrons. The fraction of sp³-hybridized carbons (Fsp3) is 0.273. The molecule has 0 saturated carbocycles. The highest BCUT2D eigenvalue weighted by molar-refractivity contribution is 6.12. The first-order valence-corrected chi connectivity index (χ1v) is 13.4. The van der Waals surface area contributed by atoms with Crippen LogP contribution in [0.15, 0.2) is 91.0 Å². The molecule has 6 rings (SSSR count). The van der Waals surface area contributed by atoms with Crippen molar-refractivity contribution in [2.75, 3.05) is 50.9 Å². The molecule has 2 aliphatic heterocycles. The lowest BCUT2D eigenvalue weighted by Crippen LogP contribution is -2.36. The Labute approximate surface area is 220 Å². The van der Waals surface area contributed by atoms with Gasteiger partial charge >= 0.3 is 0 Å². The Hall–Kier alpha value is -3.60. The zero-order valence-corrected chi connectivity index (χ0v) is 21.9. The van der Waals surface area contributed by atoms with Crippen LogP contribution >= 0.6 is 0 Å². The van der Waals surface area contributed by atoms with Crippen LogP contribution < -0.4 is 15.0 Å². The maximum Gasteiger partial charge on any atom is 0.130 e. The van der Waals surface area contributed by atoms with Crippen molar-refractivity contribution in [3.05, 3.63) is 108 Å². The van der Waals surface area contributed by atoms with Crippen LogP contribution in [0.4, 0.5) is 5.69 Å². The topological polar surface area (TPSA) is 33.7 Å². The van der Waals surface area contributed by atoms with E-state index in [1.54, 1.807) is 0 Å². The van der Waals surface area contributed by atoms with Crippen LogP contribution in [0.25, 0.3) is 21.9 Å². The van der Waals surface area contributed by atoms with Gasteiger partial charge in [-0.1, -0.05) is 98.8 Å². The van der Waals surface area contributed by atoms with Gasteiger partial charge in [0.25, 0.3) is 0 Å². The number of rotatable bonds is 5. The van der Waals surface area contributed by atoms with Gasteiger partial charge in [-0.3, -0.25) is 0 Å². The molecule has 0 bridgehead atoms. The quantitative estimate of drug-likeness (QED) is 0.338. The van der Waals surface area contributed by atoms with Gasteiger partial charge < -0.3 is 19.7 Å². The monoisotopic (exact) mass is 492 g/mol. The molecule has 1 saturated heterocycles. The third-order valence-corrected chi connectivity index (χ3v) is 6.95. The second-order valence-electron chi connectivity index (χ2n) is 9.25. The Kier molecular flexibility index (Phi) is 8.19. The SMILES string of the molecule is CCNCC.c1ccc(C2=C(c3ccccc3)c3c(cc(N4CCOCC4)c4ccccc34)OC2)cc1. The Morgan fingerprint density at radius 3 is 1.95 bits per heavy atom. The molecule has 4 aromatic rings. The molecule has 0 atom stereocenters. The van der Waals surface area contributed by atoms with Crippen molar-refractivity contribution in [1.29, 1.82) is 0 Å². The molecule has 2 aliphatic rings. The van der Waals surface area contributed by atoms with Crippen molar-refractivity contribution in [3.8, 4) is 5.75 Å². The molecule has 4 heteroatoms. The summed E-state index contributed by atoms with van der Waals surface area (Å²) in [6, 6.07) is 32.3. The lowest BCUT2D eigenvalue weighted by molar-refractivity contribution is 0.123. The molecule has 0 aliphatic carbocycles. The highest BCUT2D eigenvalue weighted by Crippen LogP contribution is 2.47. The molecule has 0 unspecified atom stereocenters. The van der Waals surface area contributed by atoms with E-state index in [1.807, 2.05) is 0 Å². The zero-order valence-electron chi connectivity index (χ0n) is 21.9. The summed E-state index contributed by atoms with van der Waals surface area (Å²) in [5.41, 5.74) is 7.35. The van der Waals surface area contributed by atoms with Crippen molar-refractivity contribution in [2.45, 2.75) is 13.8 Å². The summed E-state index contributed by atoms with van der Waals surface area (Å²) >= 11 is 0. The van der Waals surface area contributed by atoms with E-state index in [2.05, 4.69) is 115 Å². The van der Waals surface area contributed by atoms with Gasteiger partial charge in [0.2, 0.25) is 0 Å². The Morgan fingerprint density at radius 1 is 0.730 bits per heavy atom. The van der Waals surface area contributed by atoms with Gasteiger partial charge in [-0.15, -0.1) is 0 Å². The average molecular weight is 493 g/mol. The van der Waals surface area contributed by atoms with Gasteiger partial charge in [0.05, 0.1) is 13.2 Å². The van der Waals surface area contributed by atoms with Crippen LogP contribution in [-0.4, -0.2) is 46.0 Å². The minimum atomic E-state index is 0.558. The fourth-order valence-corrected chi connectivity index (χ4v) is 5.18. The lowest BCUT2D eigenvalue weighted by atomic mass is 9.85. The van der Waals surface area contributed by atoms with Crippen molar-refractivity contribution in [2.24, 2.45) is 0 Å². The largest absolute Gasteiger partial charge is 0.488 e. The van der Waals surface area contributed by atoms with Gasteiger partial charge in [-0.05, 0) is 29.6 Å². The molecule has 0 amide bonds. The number of fused-ring (bicyclic) bond motifs is 3. The number of benzene rings is 4. The summed E-state index contributed by atoms with van der Waals surface area (Å²) in [6.07, 6.45) is 0. The first-order chi connectivity index (χ1) is 18.3. The highest BCUT2D eigenvalue weighted by atomic mass is 16.5. The first-order valence-electron chi connectivity index (χ1n) is 13.4. The lowest BCUT2D eigenvalue weighted by Gasteiger charge is -2.33. The summed E-state index contributed by atoms with van der Waals surface area (Å²) < 4.78 is 12.1. The number of ether oxygens (including phenoxy) is 2. The van der Waals surface area contributed by atoms with E-state index in [-0.39, 0.29) is 0 Å². The molecule has 0 spiro atoms. The van der Waals surface area contributed by atoms with Gasteiger partial charge in [-0.25, -0.2) is 0 Å².